The Bertz CT molecular complexity index is 942. The number of anilines is 1. The minimum absolute atomic E-state index is 0.101. The third kappa shape index (κ3) is 4.08. The molecule has 8 heteroatoms. The number of hydrogen-bond acceptors (Lipinski definition) is 7. The van der Waals surface area contributed by atoms with Crippen LogP contribution in [-0.2, 0) is 11.3 Å². The molecule has 0 saturated carbocycles. The Labute approximate surface area is 162 Å². The molecule has 3 aromatic rings. The van der Waals surface area contributed by atoms with E-state index in [1.165, 1.54) is 6.92 Å². The van der Waals surface area contributed by atoms with Crippen molar-refractivity contribution >= 4 is 11.6 Å². The van der Waals surface area contributed by atoms with Gasteiger partial charge in [0, 0.05) is 31.9 Å². The first-order chi connectivity index (χ1) is 13.6. The van der Waals surface area contributed by atoms with Gasteiger partial charge in [-0.1, -0.05) is 23.4 Å². The topological polar surface area (TPSA) is 104 Å². The van der Waals surface area contributed by atoms with Crippen LogP contribution >= 0.6 is 0 Å². The fourth-order valence-corrected chi connectivity index (χ4v) is 3.41. The fourth-order valence-electron chi connectivity index (χ4n) is 3.41. The van der Waals surface area contributed by atoms with Crippen molar-refractivity contribution in [3.63, 3.8) is 0 Å². The van der Waals surface area contributed by atoms with Gasteiger partial charge in [0.2, 0.25) is 17.6 Å². The highest BCUT2D eigenvalue weighted by Gasteiger charge is 2.36. The van der Waals surface area contributed by atoms with E-state index in [2.05, 4.69) is 25.3 Å². The van der Waals surface area contributed by atoms with Crippen LogP contribution in [-0.4, -0.2) is 43.7 Å². The van der Waals surface area contributed by atoms with Gasteiger partial charge in [-0.25, -0.2) is 0 Å². The van der Waals surface area contributed by atoms with E-state index < -0.39 is 6.10 Å². The summed E-state index contributed by atoms with van der Waals surface area (Å²) in [5.74, 6) is 0.819. The lowest BCUT2D eigenvalue weighted by molar-refractivity contribution is -0.114. The number of carbonyl (C=O) groups excluding carboxylic acids is 1. The zero-order chi connectivity index (χ0) is 19.5. The Morgan fingerprint density at radius 3 is 2.82 bits per heavy atom. The number of amides is 1. The van der Waals surface area contributed by atoms with Gasteiger partial charge in [-0.2, -0.15) is 4.98 Å². The van der Waals surface area contributed by atoms with E-state index in [9.17, 15) is 9.90 Å². The van der Waals surface area contributed by atoms with Crippen LogP contribution < -0.4 is 5.32 Å². The second-order valence-electron chi connectivity index (χ2n) is 6.88. The lowest BCUT2D eigenvalue weighted by Gasteiger charge is -2.21. The van der Waals surface area contributed by atoms with Gasteiger partial charge in [-0.3, -0.25) is 14.7 Å². The Hall–Kier alpha value is -3.10. The number of likely N-dealkylation sites (tertiary alicyclic amines) is 1. The van der Waals surface area contributed by atoms with Crippen LogP contribution in [0, 0.1) is 0 Å². The van der Waals surface area contributed by atoms with Crippen molar-refractivity contribution in [1.29, 1.82) is 0 Å². The molecule has 2 N–H and O–H groups in total. The summed E-state index contributed by atoms with van der Waals surface area (Å²) in [5, 5.41) is 17.0. The maximum Gasteiger partial charge on any atom is 0.244 e. The smallest absolute Gasteiger partial charge is 0.244 e. The highest BCUT2D eigenvalue weighted by atomic mass is 16.5. The molecule has 1 aromatic carbocycles. The summed E-state index contributed by atoms with van der Waals surface area (Å²) in [7, 11) is 0. The maximum atomic E-state index is 11.1. The largest absolute Gasteiger partial charge is 0.392 e. The highest BCUT2D eigenvalue weighted by Crippen LogP contribution is 2.33. The van der Waals surface area contributed by atoms with Crippen molar-refractivity contribution in [2.75, 3.05) is 11.9 Å². The van der Waals surface area contributed by atoms with Gasteiger partial charge in [0.05, 0.1) is 12.1 Å². The molecule has 1 amide bonds. The number of carbonyl (C=O) groups is 1. The summed E-state index contributed by atoms with van der Waals surface area (Å²) in [4.78, 5) is 22.0. The SMILES string of the molecule is CC(=O)Nc1ccc(CN2CC(O)CC2c2nc(-c3ccccn3)no2)cc1. The van der Waals surface area contributed by atoms with Crippen molar-refractivity contribution in [3.05, 3.63) is 60.1 Å². The van der Waals surface area contributed by atoms with Crippen molar-refractivity contribution in [3.8, 4) is 11.5 Å². The Kier molecular flexibility index (Phi) is 5.14. The van der Waals surface area contributed by atoms with E-state index >= 15 is 0 Å². The predicted molar refractivity (Wildman–Crippen MR) is 102 cm³/mol. The summed E-state index contributed by atoms with van der Waals surface area (Å²) in [6.45, 7) is 2.64. The molecule has 0 radical (unpaired) electrons. The first-order valence-corrected chi connectivity index (χ1v) is 9.12. The number of pyridine rings is 1. The van der Waals surface area contributed by atoms with Crippen LogP contribution in [0.25, 0.3) is 11.5 Å². The number of nitrogens with one attached hydrogen (secondary N) is 1. The van der Waals surface area contributed by atoms with Crippen molar-refractivity contribution < 1.29 is 14.4 Å². The molecule has 1 aliphatic rings. The summed E-state index contributed by atoms with van der Waals surface area (Å²) >= 11 is 0. The number of benzene rings is 1. The number of β-amino-alcohol motifs (C(OH)–C–C–N with tert-alkyl or cyclic N) is 1. The Morgan fingerprint density at radius 1 is 1.29 bits per heavy atom. The summed E-state index contributed by atoms with van der Waals surface area (Å²) in [5.41, 5.74) is 2.47. The summed E-state index contributed by atoms with van der Waals surface area (Å²) < 4.78 is 5.48. The molecule has 2 atom stereocenters. The standard InChI is InChI=1S/C20H21N5O3/c1-13(26)22-15-7-5-14(6-8-15)11-25-12-16(27)10-18(25)20-23-19(24-28-20)17-4-2-3-9-21-17/h2-9,16,18,27H,10-12H2,1H3,(H,22,26). The molecule has 0 spiro atoms. The number of rotatable bonds is 5. The van der Waals surface area contributed by atoms with Crippen LogP contribution in [0.2, 0.25) is 0 Å². The van der Waals surface area contributed by atoms with E-state index in [1.54, 1.807) is 6.20 Å². The molecule has 1 saturated heterocycles. The zero-order valence-corrected chi connectivity index (χ0v) is 15.4. The van der Waals surface area contributed by atoms with Gasteiger partial charge in [0.1, 0.15) is 5.69 Å². The average Bonchev–Trinajstić information content (AvgIpc) is 3.30. The summed E-state index contributed by atoms with van der Waals surface area (Å²) in [6, 6.07) is 13.0. The normalized spacial score (nSPS) is 19.6. The molecule has 28 heavy (non-hydrogen) atoms. The molecule has 0 aliphatic carbocycles. The zero-order valence-electron chi connectivity index (χ0n) is 15.4. The third-order valence-corrected chi connectivity index (χ3v) is 4.66. The number of nitrogens with zero attached hydrogens (tertiary/aromatic N) is 4. The molecular weight excluding hydrogens is 358 g/mol. The van der Waals surface area contributed by atoms with E-state index in [4.69, 9.17) is 4.52 Å². The maximum absolute atomic E-state index is 11.1. The molecule has 144 valence electrons. The van der Waals surface area contributed by atoms with Gasteiger partial charge in [0.25, 0.3) is 0 Å². The monoisotopic (exact) mass is 379 g/mol. The van der Waals surface area contributed by atoms with Gasteiger partial charge in [-0.15, -0.1) is 0 Å². The quantitative estimate of drug-likeness (QED) is 0.701. The number of aromatic nitrogens is 3. The molecule has 8 nitrogen and oxygen atoms in total. The predicted octanol–water partition coefficient (Wildman–Crippen LogP) is 2.40. The Balaban J connectivity index is 1.50. The second kappa shape index (κ2) is 7.87. The number of hydrogen-bond donors (Lipinski definition) is 2. The molecule has 0 bridgehead atoms. The molecule has 2 aromatic heterocycles. The van der Waals surface area contributed by atoms with Crippen LogP contribution in [0.4, 0.5) is 5.69 Å². The lowest BCUT2D eigenvalue weighted by Crippen LogP contribution is -2.24. The number of aliphatic hydroxyl groups excluding tert-OH is 1. The third-order valence-electron chi connectivity index (χ3n) is 4.66. The number of aliphatic hydroxyl groups is 1. The molecule has 1 fully saturated rings. The van der Waals surface area contributed by atoms with E-state index in [-0.39, 0.29) is 11.9 Å². The van der Waals surface area contributed by atoms with Crippen molar-refractivity contribution in [2.45, 2.75) is 32.0 Å². The van der Waals surface area contributed by atoms with Gasteiger partial charge >= 0.3 is 0 Å². The van der Waals surface area contributed by atoms with Crippen molar-refractivity contribution in [2.24, 2.45) is 0 Å². The molecule has 1 aliphatic heterocycles. The highest BCUT2D eigenvalue weighted by molar-refractivity contribution is 5.88. The lowest BCUT2D eigenvalue weighted by atomic mass is 10.1. The Morgan fingerprint density at radius 2 is 2.11 bits per heavy atom. The van der Waals surface area contributed by atoms with Crippen LogP contribution in [0.15, 0.2) is 53.2 Å². The van der Waals surface area contributed by atoms with Crippen molar-refractivity contribution in [1.82, 2.24) is 20.0 Å². The van der Waals surface area contributed by atoms with Crippen LogP contribution in [0.3, 0.4) is 0 Å². The van der Waals surface area contributed by atoms with E-state index in [0.29, 0.717) is 36.9 Å². The van der Waals surface area contributed by atoms with Gasteiger partial charge in [0.15, 0.2) is 0 Å². The fraction of sp³-hybridized carbons (Fsp3) is 0.300. The average molecular weight is 379 g/mol. The molecular formula is C20H21N5O3. The summed E-state index contributed by atoms with van der Waals surface area (Å²) in [6.07, 6.45) is 1.77. The second-order valence-corrected chi connectivity index (χ2v) is 6.88. The molecule has 3 heterocycles. The minimum atomic E-state index is -0.450. The first-order valence-electron chi connectivity index (χ1n) is 9.12. The van der Waals surface area contributed by atoms with E-state index in [0.717, 1.165) is 11.3 Å². The van der Waals surface area contributed by atoms with E-state index in [1.807, 2.05) is 42.5 Å². The van der Waals surface area contributed by atoms with Crippen LogP contribution in [0.1, 0.15) is 30.8 Å². The molecule has 2 unspecified atom stereocenters. The first kappa shape index (κ1) is 18.3. The minimum Gasteiger partial charge on any atom is -0.392 e. The molecule has 4 rings (SSSR count). The van der Waals surface area contributed by atoms with Gasteiger partial charge in [-0.05, 0) is 36.2 Å². The van der Waals surface area contributed by atoms with Crippen LogP contribution in [0.5, 0.6) is 0 Å². The van der Waals surface area contributed by atoms with Gasteiger partial charge < -0.3 is 14.9 Å².